The van der Waals surface area contributed by atoms with E-state index >= 15 is 0 Å². The molecule has 1 heterocycles. The van der Waals surface area contributed by atoms with Gasteiger partial charge in [0.05, 0.1) is 4.92 Å². The molecule has 30 heavy (non-hydrogen) atoms. The van der Waals surface area contributed by atoms with Crippen LogP contribution in [0.25, 0.3) is 0 Å². The van der Waals surface area contributed by atoms with E-state index in [-0.39, 0.29) is 17.0 Å². The summed E-state index contributed by atoms with van der Waals surface area (Å²) in [7, 11) is 0. The molecule has 1 aliphatic rings. The predicted octanol–water partition coefficient (Wildman–Crippen LogP) is 4.20. The zero-order valence-corrected chi connectivity index (χ0v) is 18.6. The summed E-state index contributed by atoms with van der Waals surface area (Å²) in [5.74, 6) is 0.0871. The molecule has 0 radical (unpaired) electrons. The molecule has 0 bridgehead atoms. The third-order valence-electron chi connectivity index (χ3n) is 5.09. The van der Waals surface area contributed by atoms with Gasteiger partial charge in [0.2, 0.25) is 5.91 Å². The first kappa shape index (κ1) is 23.6. The lowest BCUT2D eigenvalue weighted by atomic mass is 9.83. The number of hydrogen-bond acceptors (Lipinski definition) is 5. The van der Waals surface area contributed by atoms with Crippen LogP contribution in [0.5, 0.6) is 0 Å². The molecule has 0 saturated heterocycles. The third-order valence-corrected chi connectivity index (χ3v) is 5.09. The van der Waals surface area contributed by atoms with Crippen molar-refractivity contribution in [3.05, 3.63) is 39.4 Å². The maximum Gasteiger partial charge on any atom is 0.407 e. The smallest absolute Gasteiger partial charge is 0.407 e. The van der Waals surface area contributed by atoms with E-state index in [1.165, 1.54) is 6.07 Å². The first-order valence-corrected chi connectivity index (χ1v) is 10.4. The minimum absolute atomic E-state index is 0.0871. The fourth-order valence-electron chi connectivity index (χ4n) is 3.55. The van der Waals surface area contributed by atoms with Crippen LogP contribution >= 0.6 is 0 Å². The number of hydrogen-bond donors (Lipinski definition) is 1. The zero-order chi connectivity index (χ0) is 22.5. The van der Waals surface area contributed by atoms with E-state index in [9.17, 15) is 19.7 Å². The minimum atomic E-state index is -0.520. The van der Waals surface area contributed by atoms with Crippen LogP contribution in [0.3, 0.4) is 0 Å². The molecule has 1 aliphatic heterocycles. The van der Waals surface area contributed by atoms with Gasteiger partial charge in [-0.3, -0.25) is 14.9 Å². The van der Waals surface area contributed by atoms with E-state index in [1.54, 1.807) is 12.1 Å². The van der Waals surface area contributed by atoms with E-state index in [0.717, 1.165) is 24.0 Å². The molecule has 0 aliphatic carbocycles. The Balaban J connectivity index is 1.80. The number of rotatable bonds is 7. The molecule has 1 aromatic carbocycles. The van der Waals surface area contributed by atoms with E-state index < -0.39 is 16.6 Å². The molecular formula is C22H33N3O5. The van der Waals surface area contributed by atoms with Crippen LogP contribution in [0, 0.1) is 15.5 Å². The summed E-state index contributed by atoms with van der Waals surface area (Å²) in [5, 5.41) is 13.7. The van der Waals surface area contributed by atoms with Crippen molar-refractivity contribution in [1.82, 2.24) is 10.2 Å². The van der Waals surface area contributed by atoms with Gasteiger partial charge in [0.25, 0.3) is 5.69 Å². The molecule has 2 rings (SSSR count). The van der Waals surface area contributed by atoms with Crippen LogP contribution in [0.4, 0.5) is 10.5 Å². The van der Waals surface area contributed by atoms with Crippen molar-refractivity contribution in [3.63, 3.8) is 0 Å². The maximum absolute atomic E-state index is 12.8. The first-order chi connectivity index (χ1) is 13.9. The highest BCUT2D eigenvalue weighted by Crippen LogP contribution is 2.30. The van der Waals surface area contributed by atoms with Gasteiger partial charge in [0.1, 0.15) is 5.60 Å². The summed E-state index contributed by atoms with van der Waals surface area (Å²) < 4.78 is 5.21. The van der Waals surface area contributed by atoms with Gasteiger partial charge < -0.3 is 15.0 Å². The number of nitrogens with one attached hydrogen (secondary N) is 1. The number of fused-ring (bicyclic) bond motifs is 1. The van der Waals surface area contributed by atoms with Gasteiger partial charge in [-0.2, -0.15) is 0 Å². The highest BCUT2D eigenvalue weighted by atomic mass is 16.6. The third kappa shape index (κ3) is 7.31. The Morgan fingerprint density at radius 2 is 1.90 bits per heavy atom. The Morgan fingerprint density at radius 3 is 2.53 bits per heavy atom. The highest BCUT2D eigenvalue weighted by molar-refractivity contribution is 5.77. The summed E-state index contributed by atoms with van der Waals surface area (Å²) in [6.45, 7) is 11.1. The van der Waals surface area contributed by atoms with Crippen molar-refractivity contribution < 1.29 is 19.2 Å². The standard InChI is InChI=1S/C22H33N3O5/c1-21(2,3)30-20(27)23-11-6-10-22(4,5)14-19(26)24-12-9-16-13-18(25(28)29)8-7-17(16)15-24/h7-8,13H,6,9-12,14-15H2,1-5H3,(H,23,27). The number of carbonyl (C=O) groups excluding carboxylic acids is 2. The minimum Gasteiger partial charge on any atom is -0.444 e. The number of ether oxygens (including phenoxy) is 1. The van der Waals surface area contributed by atoms with Crippen molar-refractivity contribution in [2.24, 2.45) is 5.41 Å². The summed E-state index contributed by atoms with van der Waals surface area (Å²) in [4.78, 5) is 36.9. The Kier molecular flexibility index (Phi) is 7.44. The summed E-state index contributed by atoms with van der Waals surface area (Å²) >= 11 is 0. The van der Waals surface area contributed by atoms with Crippen molar-refractivity contribution in [2.75, 3.05) is 13.1 Å². The molecular weight excluding hydrogens is 386 g/mol. The van der Waals surface area contributed by atoms with Crippen molar-refractivity contribution in [3.8, 4) is 0 Å². The number of amides is 2. The molecule has 8 nitrogen and oxygen atoms in total. The van der Waals surface area contributed by atoms with E-state index in [4.69, 9.17) is 4.74 Å². The number of nitro benzene ring substituents is 1. The average Bonchev–Trinajstić information content (AvgIpc) is 2.62. The quantitative estimate of drug-likeness (QED) is 0.405. The molecule has 8 heteroatoms. The first-order valence-electron chi connectivity index (χ1n) is 10.4. The molecule has 1 aromatic rings. The number of alkyl carbamates (subject to hydrolysis) is 1. The molecule has 166 valence electrons. The van der Waals surface area contributed by atoms with Gasteiger partial charge in [0, 0.05) is 38.2 Å². The fourth-order valence-corrected chi connectivity index (χ4v) is 3.55. The van der Waals surface area contributed by atoms with Gasteiger partial charge in [0.15, 0.2) is 0 Å². The Bertz CT molecular complexity index is 798. The molecule has 1 N–H and O–H groups in total. The summed E-state index contributed by atoms with van der Waals surface area (Å²) in [6, 6.07) is 4.85. The molecule has 0 unspecified atom stereocenters. The van der Waals surface area contributed by atoms with Crippen LogP contribution in [0.2, 0.25) is 0 Å². The number of benzene rings is 1. The second kappa shape index (κ2) is 9.45. The number of nitro groups is 1. The van der Waals surface area contributed by atoms with E-state index in [2.05, 4.69) is 19.2 Å². The van der Waals surface area contributed by atoms with Gasteiger partial charge >= 0.3 is 6.09 Å². The van der Waals surface area contributed by atoms with Crippen molar-refractivity contribution in [2.45, 2.75) is 72.4 Å². The van der Waals surface area contributed by atoms with E-state index in [0.29, 0.717) is 32.5 Å². The Hall–Kier alpha value is -2.64. The topological polar surface area (TPSA) is 102 Å². The van der Waals surface area contributed by atoms with Crippen LogP contribution < -0.4 is 5.32 Å². The Morgan fingerprint density at radius 1 is 1.20 bits per heavy atom. The number of carbonyl (C=O) groups is 2. The molecule has 0 aromatic heterocycles. The van der Waals surface area contributed by atoms with Gasteiger partial charge in [-0.1, -0.05) is 19.9 Å². The monoisotopic (exact) mass is 419 g/mol. The second-order valence-electron chi connectivity index (χ2n) is 9.65. The normalized spacial score (nSPS) is 14.1. The molecule has 2 amide bonds. The predicted molar refractivity (Wildman–Crippen MR) is 114 cm³/mol. The van der Waals surface area contributed by atoms with Gasteiger partial charge in [-0.15, -0.1) is 0 Å². The van der Waals surface area contributed by atoms with Crippen LogP contribution in [-0.4, -0.2) is 40.5 Å². The fraction of sp³-hybridized carbons (Fsp3) is 0.636. The highest BCUT2D eigenvalue weighted by Gasteiger charge is 2.28. The average molecular weight is 420 g/mol. The molecule has 0 atom stereocenters. The lowest BCUT2D eigenvalue weighted by molar-refractivity contribution is -0.384. The lowest BCUT2D eigenvalue weighted by Crippen LogP contribution is -2.38. The zero-order valence-electron chi connectivity index (χ0n) is 18.6. The summed E-state index contributed by atoms with van der Waals surface area (Å²) in [6.07, 6.45) is 2.17. The second-order valence-corrected chi connectivity index (χ2v) is 9.65. The lowest BCUT2D eigenvalue weighted by Gasteiger charge is -2.32. The largest absolute Gasteiger partial charge is 0.444 e. The summed E-state index contributed by atoms with van der Waals surface area (Å²) in [5.41, 5.74) is 1.30. The number of nitrogens with zero attached hydrogens (tertiary/aromatic N) is 2. The van der Waals surface area contributed by atoms with Crippen LogP contribution in [0.1, 0.15) is 65.0 Å². The SMILES string of the molecule is CC(C)(CCCNC(=O)OC(C)(C)C)CC(=O)N1CCc2cc([N+](=O)[O-])ccc2C1. The van der Waals surface area contributed by atoms with Gasteiger partial charge in [-0.05, 0) is 56.6 Å². The maximum atomic E-state index is 12.8. The molecule has 0 saturated carbocycles. The molecule has 0 spiro atoms. The van der Waals surface area contributed by atoms with E-state index in [1.807, 2.05) is 25.7 Å². The molecule has 0 fully saturated rings. The van der Waals surface area contributed by atoms with Crippen LogP contribution in [-0.2, 0) is 22.5 Å². The van der Waals surface area contributed by atoms with Crippen molar-refractivity contribution >= 4 is 17.7 Å². The van der Waals surface area contributed by atoms with Crippen molar-refractivity contribution in [1.29, 1.82) is 0 Å². The van der Waals surface area contributed by atoms with Gasteiger partial charge in [-0.25, -0.2) is 4.79 Å². The van der Waals surface area contributed by atoms with Crippen LogP contribution in [0.15, 0.2) is 18.2 Å². The number of non-ortho nitro benzene ring substituents is 1. The Labute approximate surface area is 178 Å².